The summed E-state index contributed by atoms with van der Waals surface area (Å²) >= 11 is 1.13. The third-order valence-corrected chi connectivity index (χ3v) is 3.62. The van der Waals surface area contributed by atoms with Gasteiger partial charge in [-0.3, -0.25) is 14.9 Å². The molecule has 1 N–H and O–H groups in total. The highest BCUT2D eigenvalue weighted by atomic mass is 32.1. The van der Waals surface area contributed by atoms with Crippen LogP contribution in [0.2, 0.25) is 0 Å². The molecule has 6 heteroatoms. The molecule has 0 aliphatic heterocycles. The highest BCUT2D eigenvalue weighted by Gasteiger charge is 2.14. The van der Waals surface area contributed by atoms with Gasteiger partial charge >= 0.3 is 0 Å². The van der Waals surface area contributed by atoms with Crippen LogP contribution >= 0.6 is 11.3 Å². The van der Waals surface area contributed by atoms with Crippen LogP contribution in [-0.2, 0) is 0 Å². The average Bonchev–Trinajstić information content (AvgIpc) is 2.71. The lowest BCUT2D eigenvalue weighted by Gasteiger charge is -2.00. The summed E-state index contributed by atoms with van der Waals surface area (Å²) in [7, 11) is 0. The number of rotatable bonds is 3. The lowest BCUT2D eigenvalue weighted by atomic mass is 10.2. The molecule has 0 saturated carbocycles. The second-order valence-electron chi connectivity index (χ2n) is 3.95. The van der Waals surface area contributed by atoms with Crippen molar-refractivity contribution in [2.45, 2.75) is 13.8 Å². The molecule has 0 unspecified atom stereocenters. The van der Waals surface area contributed by atoms with Gasteiger partial charge < -0.3 is 0 Å². The molecule has 1 amide bonds. The average molecular weight is 278 g/mol. The van der Waals surface area contributed by atoms with Crippen molar-refractivity contribution in [1.82, 2.24) is 4.98 Å². The number of nitrogens with one attached hydrogen (secondary N) is 1. The molecule has 0 aliphatic carbocycles. The number of carbonyl (C=O) groups is 2. The fourth-order valence-corrected chi connectivity index (χ4v) is 2.40. The van der Waals surface area contributed by atoms with E-state index in [1.54, 1.807) is 6.92 Å². The van der Waals surface area contributed by atoms with Gasteiger partial charge in [-0.15, -0.1) is 0 Å². The summed E-state index contributed by atoms with van der Waals surface area (Å²) in [4.78, 5) is 27.8. The van der Waals surface area contributed by atoms with Crippen LogP contribution in [0.5, 0.6) is 0 Å². The van der Waals surface area contributed by atoms with E-state index < -0.39 is 5.82 Å². The van der Waals surface area contributed by atoms with Crippen LogP contribution in [0.1, 0.15) is 32.6 Å². The standard InChI is InChI=1S/C13H11FN2O2S/c1-7-11(8(2)17)19-13(15-7)16-12(18)9-3-5-10(14)6-4-9/h3-6H,1-2H3,(H,15,16,18). The van der Waals surface area contributed by atoms with E-state index in [1.807, 2.05) is 0 Å². The summed E-state index contributed by atoms with van der Waals surface area (Å²) in [5, 5.41) is 2.95. The first kappa shape index (κ1) is 13.4. The van der Waals surface area contributed by atoms with Gasteiger partial charge in [-0.05, 0) is 31.2 Å². The van der Waals surface area contributed by atoms with Crippen molar-refractivity contribution >= 4 is 28.2 Å². The van der Waals surface area contributed by atoms with E-state index in [0.717, 1.165) is 11.3 Å². The zero-order chi connectivity index (χ0) is 14.0. The maximum atomic E-state index is 12.7. The molecule has 1 aromatic carbocycles. The number of carbonyl (C=O) groups excluding carboxylic acids is 2. The highest BCUT2D eigenvalue weighted by Crippen LogP contribution is 2.23. The maximum Gasteiger partial charge on any atom is 0.257 e. The number of benzene rings is 1. The van der Waals surface area contributed by atoms with Gasteiger partial charge in [0.1, 0.15) is 5.82 Å². The van der Waals surface area contributed by atoms with Crippen molar-refractivity contribution in [2.75, 3.05) is 5.32 Å². The molecule has 0 aliphatic rings. The molecule has 4 nitrogen and oxygen atoms in total. The molecule has 1 heterocycles. The van der Waals surface area contributed by atoms with E-state index in [0.29, 0.717) is 21.3 Å². The zero-order valence-electron chi connectivity index (χ0n) is 10.4. The van der Waals surface area contributed by atoms with Crippen LogP contribution in [0.15, 0.2) is 24.3 Å². The Kier molecular flexibility index (Phi) is 3.71. The van der Waals surface area contributed by atoms with Gasteiger partial charge in [-0.1, -0.05) is 11.3 Å². The first-order chi connectivity index (χ1) is 8.97. The van der Waals surface area contributed by atoms with Crippen LogP contribution in [0, 0.1) is 12.7 Å². The van der Waals surface area contributed by atoms with Crippen LogP contribution in [-0.4, -0.2) is 16.7 Å². The number of nitrogens with zero attached hydrogens (tertiary/aromatic N) is 1. The summed E-state index contributed by atoms with van der Waals surface area (Å²) in [6, 6.07) is 5.19. The van der Waals surface area contributed by atoms with E-state index in [4.69, 9.17) is 0 Å². The number of Topliss-reactive ketones (excluding diaryl/α,β-unsaturated/α-hetero) is 1. The third kappa shape index (κ3) is 3.03. The van der Waals surface area contributed by atoms with Gasteiger partial charge in [-0.25, -0.2) is 9.37 Å². The first-order valence-corrected chi connectivity index (χ1v) is 6.34. The molecular formula is C13H11FN2O2S. The lowest BCUT2D eigenvalue weighted by molar-refractivity contribution is 0.101. The maximum absolute atomic E-state index is 12.7. The number of amides is 1. The van der Waals surface area contributed by atoms with Crippen LogP contribution in [0.4, 0.5) is 9.52 Å². The Bertz CT molecular complexity index is 635. The SMILES string of the molecule is CC(=O)c1sc(NC(=O)c2ccc(F)cc2)nc1C. The summed E-state index contributed by atoms with van der Waals surface area (Å²) in [5.41, 5.74) is 0.922. The van der Waals surface area contributed by atoms with Gasteiger partial charge in [0.05, 0.1) is 10.6 Å². The molecule has 98 valence electrons. The number of hydrogen-bond donors (Lipinski definition) is 1. The molecule has 2 rings (SSSR count). The molecule has 0 saturated heterocycles. The van der Waals surface area contributed by atoms with E-state index in [1.165, 1.54) is 31.2 Å². The molecular weight excluding hydrogens is 267 g/mol. The second-order valence-corrected chi connectivity index (χ2v) is 4.95. The molecule has 19 heavy (non-hydrogen) atoms. The monoisotopic (exact) mass is 278 g/mol. The minimum Gasteiger partial charge on any atom is -0.298 e. The minimum atomic E-state index is -0.402. The number of aryl methyl sites for hydroxylation is 1. The minimum absolute atomic E-state index is 0.0859. The Morgan fingerprint density at radius 1 is 1.26 bits per heavy atom. The first-order valence-electron chi connectivity index (χ1n) is 5.52. The predicted molar refractivity (Wildman–Crippen MR) is 71.2 cm³/mol. The second kappa shape index (κ2) is 5.27. The van der Waals surface area contributed by atoms with Gasteiger partial charge in [0.15, 0.2) is 10.9 Å². The van der Waals surface area contributed by atoms with Gasteiger partial charge in [0.2, 0.25) is 0 Å². The van der Waals surface area contributed by atoms with Crippen LogP contribution in [0.3, 0.4) is 0 Å². The van der Waals surface area contributed by atoms with Gasteiger partial charge in [0.25, 0.3) is 5.91 Å². The molecule has 0 radical (unpaired) electrons. The number of hydrogen-bond acceptors (Lipinski definition) is 4. The fraction of sp³-hybridized carbons (Fsp3) is 0.154. The molecule has 0 atom stereocenters. The van der Waals surface area contributed by atoms with Gasteiger partial charge in [-0.2, -0.15) is 0 Å². The Hall–Kier alpha value is -2.08. The molecule has 1 aromatic heterocycles. The zero-order valence-corrected chi connectivity index (χ0v) is 11.2. The third-order valence-electron chi connectivity index (χ3n) is 2.44. The predicted octanol–water partition coefficient (Wildman–Crippen LogP) is 3.05. The van der Waals surface area contributed by atoms with Crippen molar-refractivity contribution < 1.29 is 14.0 Å². The van der Waals surface area contributed by atoms with Crippen molar-refractivity contribution in [3.63, 3.8) is 0 Å². The normalized spacial score (nSPS) is 10.3. The topological polar surface area (TPSA) is 59.1 Å². The molecule has 0 bridgehead atoms. The smallest absolute Gasteiger partial charge is 0.257 e. The summed E-state index contributed by atoms with van der Waals surface area (Å²) in [6.45, 7) is 3.16. The van der Waals surface area contributed by atoms with Crippen molar-refractivity contribution in [3.8, 4) is 0 Å². The van der Waals surface area contributed by atoms with Crippen molar-refractivity contribution in [1.29, 1.82) is 0 Å². The van der Waals surface area contributed by atoms with Crippen molar-refractivity contribution in [3.05, 3.63) is 46.2 Å². The van der Waals surface area contributed by atoms with E-state index in [9.17, 15) is 14.0 Å². The summed E-state index contributed by atoms with van der Waals surface area (Å²) < 4.78 is 12.7. The van der Waals surface area contributed by atoms with Crippen molar-refractivity contribution in [2.24, 2.45) is 0 Å². The Labute approximate surface area is 113 Å². The quantitative estimate of drug-likeness (QED) is 0.878. The lowest BCUT2D eigenvalue weighted by Crippen LogP contribution is -2.11. The Morgan fingerprint density at radius 3 is 2.42 bits per heavy atom. The fourth-order valence-electron chi connectivity index (χ4n) is 1.55. The van der Waals surface area contributed by atoms with E-state index in [2.05, 4.69) is 10.3 Å². The molecule has 0 fully saturated rings. The Balaban J connectivity index is 2.17. The summed E-state index contributed by atoms with van der Waals surface area (Å²) in [6.07, 6.45) is 0. The number of aromatic nitrogens is 1. The largest absolute Gasteiger partial charge is 0.298 e. The number of ketones is 1. The van der Waals surface area contributed by atoms with Gasteiger partial charge in [0, 0.05) is 12.5 Å². The molecule has 0 spiro atoms. The van der Waals surface area contributed by atoms with Crippen LogP contribution in [0.25, 0.3) is 0 Å². The number of halogens is 1. The Morgan fingerprint density at radius 2 is 1.89 bits per heavy atom. The summed E-state index contributed by atoms with van der Waals surface area (Å²) in [5.74, 6) is -0.873. The number of anilines is 1. The number of thiazole rings is 1. The van der Waals surface area contributed by atoms with E-state index in [-0.39, 0.29) is 11.7 Å². The highest BCUT2D eigenvalue weighted by molar-refractivity contribution is 7.17. The van der Waals surface area contributed by atoms with E-state index >= 15 is 0 Å². The van der Waals surface area contributed by atoms with Crippen LogP contribution < -0.4 is 5.32 Å². The molecule has 2 aromatic rings.